The van der Waals surface area contributed by atoms with E-state index in [1.165, 1.54) is 14.0 Å². The average molecular weight is 659 g/mol. The number of fused-ring (bicyclic) bond motifs is 2. The van der Waals surface area contributed by atoms with Gasteiger partial charge in [-0.05, 0) is 11.1 Å². The van der Waals surface area contributed by atoms with Crippen LogP contribution in [-0.2, 0) is 79.8 Å². The second kappa shape index (κ2) is 15.8. The molecule has 0 N–H and O–H groups in total. The summed E-state index contributed by atoms with van der Waals surface area (Å²) in [6, 6.07) is 18.8. The zero-order valence-electron chi connectivity index (χ0n) is 26.4. The molecule has 0 amide bonds. The number of ether oxygens (including phenoxy) is 10. The van der Waals surface area contributed by atoms with Crippen LogP contribution in [0.25, 0.3) is 0 Å². The van der Waals surface area contributed by atoms with E-state index in [9.17, 15) is 19.2 Å². The Balaban J connectivity index is 1.37. The molecule has 2 aromatic rings. The summed E-state index contributed by atoms with van der Waals surface area (Å²) in [4.78, 5) is 49.1. The lowest BCUT2D eigenvalue weighted by molar-refractivity contribution is -0.323. The first-order valence-corrected chi connectivity index (χ1v) is 15.1. The lowest BCUT2D eigenvalue weighted by Crippen LogP contribution is -2.63. The summed E-state index contributed by atoms with van der Waals surface area (Å²) >= 11 is 0. The Bertz CT molecular complexity index is 1370. The first-order valence-electron chi connectivity index (χ1n) is 15.1. The Morgan fingerprint density at radius 3 is 1.72 bits per heavy atom. The predicted molar refractivity (Wildman–Crippen MR) is 157 cm³/mol. The van der Waals surface area contributed by atoms with E-state index in [1.54, 1.807) is 0 Å². The van der Waals surface area contributed by atoms with Crippen LogP contribution in [0.4, 0.5) is 0 Å². The average Bonchev–Trinajstić information content (AvgIpc) is 3.27. The number of hydrogen-bond acceptors (Lipinski definition) is 14. The highest BCUT2D eigenvalue weighted by molar-refractivity contribution is 5.78. The van der Waals surface area contributed by atoms with E-state index in [-0.39, 0.29) is 19.8 Å². The zero-order valence-corrected chi connectivity index (χ0v) is 26.4. The minimum atomic E-state index is -1.30. The molecule has 0 aliphatic carbocycles. The number of benzene rings is 2. The van der Waals surface area contributed by atoms with Crippen molar-refractivity contribution in [2.45, 2.75) is 95.4 Å². The molecule has 2 aromatic carbocycles. The summed E-state index contributed by atoms with van der Waals surface area (Å²) in [5.41, 5.74) is 1.75. The molecule has 3 heterocycles. The van der Waals surface area contributed by atoms with E-state index in [0.29, 0.717) is 0 Å². The van der Waals surface area contributed by atoms with Gasteiger partial charge in [0.05, 0.1) is 19.8 Å². The number of esters is 4. The molecule has 3 aliphatic rings. The second-order valence-electron chi connectivity index (χ2n) is 11.2. The van der Waals surface area contributed by atoms with E-state index in [1.807, 2.05) is 60.7 Å². The highest BCUT2D eigenvalue weighted by Crippen LogP contribution is 2.37. The van der Waals surface area contributed by atoms with Gasteiger partial charge < -0.3 is 47.4 Å². The summed E-state index contributed by atoms with van der Waals surface area (Å²) in [6.07, 6.45) is -11.1. The number of methoxy groups -OCH3 is 1. The molecule has 0 spiro atoms. The van der Waals surface area contributed by atoms with Gasteiger partial charge in [-0.15, -0.1) is 0 Å². The van der Waals surface area contributed by atoms with Gasteiger partial charge in [-0.2, -0.15) is 0 Å². The van der Waals surface area contributed by atoms with Gasteiger partial charge in [-0.25, -0.2) is 4.79 Å². The minimum absolute atomic E-state index is 0.138. The minimum Gasteiger partial charge on any atom is -0.456 e. The Morgan fingerprint density at radius 2 is 1.17 bits per heavy atom. The molecule has 10 atom stereocenters. The zero-order chi connectivity index (χ0) is 33.5. The van der Waals surface area contributed by atoms with E-state index in [0.717, 1.165) is 25.0 Å². The molecule has 3 fully saturated rings. The van der Waals surface area contributed by atoms with Crippen LogP contribution in [0.2, 0.25) is 0 Å². The van der Waals surface area contributed by atoms with Crippen LogP contribution < -0.4 is 0 Å². The highest BCUT2D eigenvalue weighted by atomic mass is 16.8. The van der Waals surface area contributed by atoms with Crippen LogP contribution in [0.5, 0.6) is 0 Å². The first kappa shape index (κ1) is 34.4. The van der Waals surface area contributed by atoms with Crippen LogP contribution in [0.3, 0.4) is 0 Å². The van der Waals surface area contributed by atoms with Crippen molar-refractivity contribution in [2.75, 3.05) is 13.7 Å². The maximum Gasteiger partial charge on any atom is 0.338 e. The molecular formula is C33H38O14. The third-order valence-corrected chi connectivity index (χ3v) is 7.70. The largest absolute Gasteiger partial charge is 0.456 e. The van der Waals surface area contributed by atoms with E-state index >= 15 is 0 Å². The van der Waals surface area contributed by atoms with Crippen molar-refractivity contribution in [3.8, 4) is 0 Å². The Kier molecular flexibility index (Phi) is 11.6. The van der Waals surface area contributed by atoms with Crippen LogP contribution in [0, 0.1) is 0 Å². The fourth-order valence-corrected chi connectivity index (χ4v) is 5.73. The molecule has 0 unspecified atom stereocenters. The molecule has 14 nitrogen and oxygen atoms in total. The van der Waals surface area contributed by atoms with Crippen molar-refractivity contribution < 1.29 is 66.5 Å². The normalized spacial score (nSPS) is 31.4. The fraction of sp³-hybridized carbons (Fsp3) is 0.515. The van der Waals surface area contributed by atoms with Crippen molar-refractivity contribution in [2.24, 2.45) is 0 Å². The first-order chi connectivity index (χ1) is 22.6. The van der Waals surface area contributed by atoms with Gasteiger partial charge in [0, 0.05) is 27.9 Å². The van der Waals surface area contributed by atoms with E-state index in [4.69, 9.17) is 47.4 Å². The topological polar surface area (TPSA) is 161 Å². The third-order valence-electron chi connectivity index (χ3n) is 7.70. The molecule has 47 heavy (non-hydrogen) atoms. The highest BCUT2D eigenvalue weighted by Gasteiger charge is 2.59. The quantitative estimate of drug-likeness (QED) is 0.227. The Morgan fingerprint density at radius 1 is 0.638 bits per heavy atom. The number of hydrogen-bond donors (Lipinski definition) is 0. The molecule has 0 aromatic heterocycles. The molecule has 0 saturated carbocycles. The maximum atomic E-state index is 12.9. The Hall–Kier alpha value is -3.92. The van der Waals surface area contributed by atoms with Gasteiger partial charge in [0.25, 0.3) is 0 Å². The van der Waals surface area contributed by atoms with Gasteiger partial charge >= 0.3 is 23.9 Å². The summed E-state index contributed by atoms with van der Waals surface area (Å²) < 4.78 is 58.2. The monoisotopic (exact) mass is 658 g/mol. The number of carbonyl (C=O) groups is 4. The Labute approximate surface area is 271 Å². The summed E-state index contributed by atoms with van der Waals surface area (Å²) in [6.45, 7) is 3.51. The van der Waals surface area contributed by atoms with Crippen molar-refractivity contribution in [1.29, 1.82) is 0 Å². The fourth-order valence-electron chi connectivity index (χ4n) is 5.73. The van der Waals surface area contributed by atoms with E-state index < -0.39 is 85.3 Å². The molecule has 5 rings (SSSR count). The molecule has 3 aliphatic heterocycles. The standard InChI is InChI=1S/C33H38O14/c1-18(34)42-24-23(45-32(38-4)30(44-20(3)36)26(24)43-19(2)35)17-41-33-29(40-16-22-13-9-6-10-14-22)27-25(28(47-33)31(37)46-27)39-15-21-11-7-5-8-12-21/h5-14,23-30,32-33H,15-17H2,1-4H3/t23-,24-,25-,26+,27+,28+,29-,30-,32+,33+/m1/s1. The van der Waals surface area contributed by atoms with E-state index in [2.05, 4.69) is 0 Å². The van der Waals surface area contributed by atoms with Gasteiger partial charge in [0.1, 0.15) is 18.3 Å². The predicted octanol–water partition coefficient (Wildman–Crippen LogP) is 1.99. The van der Waals surface area contributed by atoms with Gasteiger partial charge in [0.15, 0.2) is 43.1 Å². The summed E-state index contributed by atoms with van der Waals surface area (Å²) in [5.74, 6) is -2.77. The van der Waals surface area contributed by atoms with Crippen LogP contribution in [-0.4, -0.2) is 99.0 Å². The lowest BCUT2D eigenvalue weighted by Gasteiger charge is -2.44. The maximum absolute atomic E-state index is 12.9. The molecule has 3 saturated heterocycles. The molecule has 14 heteroatoms. The van der Waals surface area contributed by atoms with Gasteiger partial charge in [-0.1, -0.05) is 60.7 Å². The number of carbonyl (C=O) groups excluding carboxylic acids is 4. The van der Waals surface area contributed by atoms with Gasteiger partial charge in [0.2, 0.25) is 0 Å². The summed E-state index contributed by atoms with van der Waals surface area (Å²) in [5, 5.41) is 0. The molecule has 0 radical (unpaired) electrons. The van der Waals surface area contributed by atoms with Crippen LogP contribution >= 0.6 is 0 Å². The van der Waals surface area contributed by atoms with Crippen molar-refractivity contribution in [1.82, 2.24) is 0 Å². The van der Waals surface area contributed by atoms with Gasteiger partial charge in [-0.3, -0.25) is 14.4 Å². The molecule has 2 bridgehead atoms. The van der Waals surface area contributed by atoms with Crippen molar-refractivity contribution in [3.05, 3.63) is 71.8 Å². The second-order valence-corrected chi connectivity index (χ2v) is 11.2. The smallest absolute Gasteiger partial charge is 0.338 e. The molecular weight excluding hydrogens is 620 g/mol. The number of rotatable bonds is 13. The third kappa shape index (κ3) is 8.52. The van der Waals surface area contributed by atoms with Crippen molar-refractivity contribution in [3.63, 3.8) is 0 Å². The van der Waals surface area contributed by atoms with Crippen molar-refractivity contribution >= 4 is 23.9 Å². The lowest BCUT2D eigenvalue weighted by atomic mass is 9.98. The SMILES string of the molecule is CO[C@H]1O[C@H](CO[C@H]2O[C@@H]3C(=O)O[C@@H]([C@H]3OCc3ccccc3)[C@H]2OCc2ccccc2)[C@@H](OC(C)=O)[C@H](OC(C)=O)[C@H]1OC(C)=O. The molecule has 254 valence electrons. The summed E-state index contributed by atoms with van der Waals surface area (Å²) in [7, 11) is 1.31. The van der Waals surface area contributed by atoms with Crippen LogP contribution in [0.1, 0.15) is 31.9 Å². The van der Waals surface area contributed by atoms with Crippen LogP contribution in [0.15, 0.2) is 60.7 Å².